The number of carboxylic acids is 1. The van der Waals surface area contributed by atoms with Crippen LogP contribution in [-0.4, -0.2) is 44.3 Å². The summed E-state index contributed by atoms with van der Waals surface area (Å²) >= 11 is 0. The summed E-state index contributed by atoms with van der Waals surface area (Å²) < 4.78 is 1.19. The van der Waals surface area contributed by atoms with Crippen molar-refractivity contribution >= 4 is 22.6 Å². The predicted octanol–water partition coefficient (Wildman–Crippen LogP) is 1.64. The van der Waals surface area contributed by atoms with Crippen molar-refractivity contribution in [3.05, 3.63) is 40.8 Å². The van der Waals surface area contributed by atoms with Gasteiger partial charge in [0.05, 0.1) is 11.6 Å². The topological polar surface area (TPSA) is 92.5 Å². The largest absolute Gasteiger partial charge is 0.481 e. The molecule has 25 heavy (non-hydrogen) atoms. The minimum atomic E-state index is -0.856. The number of nitrogens with zero attached hydrogens (tertiary/aromatic N) is 3. The predicted molar refractivity (Wildman–Crippen MR) is 92.2 cm³/mol. The van der Waals surface area contributed by atoms with Crippen LogP contribution in [0.4, 0.5) is 0 Å². The van der Waals surface area contributed by atoms with Crippen molar-refractivity contribution in [1.82, 2.24) is 14.7 Å². The number of piperidine rings is 1. The van der Waals surface area contributed by atoms with E-state index in [4.69, 9.17) is 5.11 Å². The summed E-state index contributed by atoms with van der Waals surface area (Å²) in [6.45, 7) is 0.485. The number of carbonyl (C=O) groups excluding carboxylic acids is 1. The van der Waals surface area contributed by atoms with Gasteiger partial charge in [0, 0.05) is 24.4 Å². The molecular weight excluding hydrogens is 322 g/mol. The Morgan fingerprint density at radius 2 is 2.04 bits per heavy atom. The molecule has 7 nitrogen and oxygen atoms in total. The zero-order valence-corrected chi connectivity index (χ0v) is 13.9. The van der Waals surface area contributed by atoms with Crippen LogP contribution in [0, 0.1) is 0 Å². The average Bonchev–Trinajstić information content (AvgIpc) is 2.62. The maximum absolute atomic E-state index is 12.7. The second-order valence-electron chi connectivity index (χ2n) is 6.36. The van der Waals surface area contributed by atoms with Crippen LogP contribution in [0.5, 0.6) is 0 Å². The van der Waals surface area contributed by atoms with Crippen molar-refractivity contribution in [3.63, 3.8) is 0 Å². The number of aromatic nitrogens is 2. The van der Waals surface area contributed by atoms with Gasteiger partial charge in [0.1, 0.15) is 6.54 Å². The fourth-order valence-electron chi connectivity index (χ4n) is 3.38. The van der Waals surface area contributed by atoms with Crippen LogP contribution in [-0.2, 0) is 16.1 Å². The lowest BCUT2D eigenvalue weighted by molar-refractivity contribution is -0.140. The Morgan fingerprint density at radius 1 is 1.24 bits per heavy atom. The zero-order chi connectivity index (χ0) is 17.8. The standard InChI is InChI=1S/C18H21N3O4/c22-16(20-10-4-3-6-14(20)8-9-17(23)24)12-21-18(25)15-7-2-1-5-13(15)11-19-21/h1-2,5,7,11,14H,3-4,6,8-10,12H2,(H,23,24). The van der Waals surface area contributed by atoms with Gasteiger partial charge >= 0.3 is 5.97 Å². The van der Waals surface area contributed by atoms with E-state index in [9.17, 15) is 14.4 Å². The van der Waals surface area contributed by atoms with Gasteiger partial charge in [-0.1, -0.05) is 18.2 Å². The molecule has 1 amide bonds. The second kappa shape index (κ2) is 7.46. The van der Waals surface area contributed by atoms with E-state index in [0.717, 1.165) is 24.6 Å². The van der Waals surface area contributed by atoms with Gasteiger partial charge in [-0.25, -0.2) is 4.68 Å². The number of rotatable bonds is 5. The van der Waals surface area contributed by atoms with Crippen LogP contribution >= 0.6 is 0 Å². The van der Waals surface area contributed by atoms with Crippen LogP contribution in [0.25, 0.3) is 10.8 Å². The quantitative estimate of drug-likeness (QED) is 0.891. The lowest BCUT2D eigenvalue weighted by Gasteiger charge is -2.35. The van der Waals surface area contributed by atoms with Crippen molar-refractivity contribution < 1.29 is 14.7 Å². The molecule has 1 aliphatic heterocycles. The number of hydrogen-bond donors (Lipinski definition) is 1. The molecule has 132 valence electrons. The van der Waals surface area contributed by atoms with E-state index >= 15 is 0 Å². The average molecular weight is 343 g/mol. The molecule has 7 heteroatoms. The van der Waals surface area contributed by atoms with Crippen molar-refractivity contribution in [1.29, 1.82) is 0 Å². The molecule has 3 rings (SSSR count). The second-order valence-corrected chi connectivity index (χ2v) is 6.36. The van der Waals surface area contributed by atoms with Crippen molar-refractivity contribution in [2.24, 2.45) is 0 Å². The maximum Gasteiger partial charge on any atom is 0.303 e. The van der Waals surface area contributed by atoms with Gasteiger partial charge in [-0.3, -0.25) is 14.4 Å². The summed E-state index contributed by atoms with van der Waals surface area (Å²) in [5, 5.41) is 14.3. The first-order chi connectivity index (χ1) is 12.1. The third kappa shape index (κ3) is 3.87. The molecule has 0 saturated carbocycles. The number of likely N-dealkylation sites (tertiary alicyclic amines) is 1. The number of carbonyl (C=O) groups is 2. The zero-order valence-electron chi connectivity index (χ0n) is 13.9. The number of fused-ring (bicyclic) bond motifs is 1. The SMILES string of the molecule is O=C(O)CCC1CCCCN1C(=O)Cn1ncc2ccccc2c1=O. The van der Waals surface area contributed by atoms with Crippen LogP contribution in [0.2, 0.25) is 0 Å². The number of hydrogen-bond acceptors (Lipinski definition) is 4. The van der Waals surface area contributed by atoms with Gasteiger partial charge in [-0.2, -0.15) is 5.10 Å². The fourth-order valence-corrected chi connectivity index (χ4v) is 3.38. The highest BCUT2D eigenvalue weighted by atomic mass is 16.4. The number of aliphatic carboxylic acids is 1. The van der Waals surface area contributed by atoms with Gasteiger partial charge in [0.25, 0.3) is 5.56 Å². The van der Waals surface area contributed by atoms with Gasteiger partial charge in [0.15, 0.2) is 0 Å². The van der Waals surface area contributed by atoms with E-state index in [1.165, 1.54) is 4.68 Å². The summed E-state index contributed by atoms with van der Waals surface area (Å²) in [5.41, 5.74) is -0.287. The van der Waals surface area contributed by atoms with E-state index in [1.807, 2.05) is 12.1 Å². The van der Waals surface area contributed by atoms with Crippen molar-refractivity contribution in [2.45, 2.75) is 44.7 Å². The van der Waals surface area contributed by atoms with Crippen LogP contribution in [0.1, 0.15) is 32.1 Å². The summed E-state index contributed by atoms with van der Waals surface area (Å²) in [6, 6.07) is 7.06. The van der Waals surface area contributed by atoms with Crippen molar-refractivity contribution in [3.8, 4) is 0 Å². The van der Waals surface area contributed by atoms with E-state index < -0.39 is 5.97 Å². The van der Waals surface area contributed by atoms with Crippen molar-refractivity contribution in [2.75, 3.05) is 6.54 Å². The number of amides is 1. The molecule has 1 unspecified atom stereocenters. The maximum atomic E-state index is 12.7. The third-order valence-corrected chi connectivity index (χ3v) is 4.69. The summed E-state index contributed by atoms with van der Waals surface area (Å²) in [4.78, 5) is 37.7. The van der Waals surface area contributed by atoms with Gasteiger partial charge < -0.3 is 10.0 Å². The normalized spacial score (nSPS) is 17.6. The highest BCUT2D eigenvalue weighted by Crippen LogP contribution is 2.21. The summed E-state index contributed by atoms with van der Waals surface area (Å²) in [7, 11) is 0. The molecule has 1 saturated heterocycles. The molecule has 1 aliphatic rings. The Labute approximate surface area is 144 Å². The molecule has 1 aromatic heterocycles. The van der Waals surface area contributed by atoms with Crippen LogP contribution in [0.3, 0.4) is 0 Å². The highest BCUT2D eigenvalue weighted by molar-refractivity contribution is 5.81. The molecule has 0 radical (unpaired) electrons. The molecule has 1 N–H and O–H groups in total. The molecule has 0 aliphatic carbocycles. The highest BCUT2D eigenvalue weighted by Gasteiger charge is 2.27. The first kappa shape index (κ1) is 17.1. The molecular formula is C18H21N3O4. The van der Waals surface area contributed by atoms with E-state index in [1.54, 1.807) is 23.2 Å². The smallest absolute Gasteiger partial charge is 0.303 e. The Hall–Kier alpha value is -2.70. The van der Waals surface area contributed by atoms with Crippen LogP contribution in [0.15, 0.2) is 35.3 Å². The number of benzene rings is 1. The Balaban J connectivity index is 1.77. The summed E-state index contributed by atoms with van der Waals surface area (Å²) in [6.07, 6.45) is 4.77. The van der Waals surface area contributed by atoms with E-state index in [2.05, 4.69) is 5.10 Å². The first-order valence-corrected chi connectivity index (χ1v) is 8.52. The number of carboxylic acid groups (broad SMARTS) is 1. The van der Waals surface area contributed by atoms with Gasteiger partial charge in [-0.15, -0.1) is 0 Å². The molecule has 0 bridgehead atoms. The van der Waals surface area contributed by atoms with Crippen LogP contribution < -0.4 is 5.56 Å². The minimum Gasteiger partial charge on any atom is -0.481 e. The Bertz CT molecular complexity index is 846. The summed E-state index contributed by atoms with van der Waals surface area (Å²) in [5.74, 6) is -1.04. The minimum absolute atomic E-state index is 0.0443. The lowest BCUT2D eigenvalue weighted by Crippen LogP contribution is -2.46. The van der Waals surface area contributed by atoms with Gasteiger partial charge in [0.2, 0.25) is 5.91 Å². The Morgan fingerprint density at radius 3 is 2.84 bits per heavy atom. The Kier molecular flexibility index (Phi) is 5.11. The third-order valence-electron chi connectivity index (χ3n) is 4.69. The fraction of sp³-hybridized carbons (Fsp3) is 0.444. The molecule has 1 aromatic carbocycles. The molecule has 1 fully saturated rings. The lowest BCUT2D eigenvalue weighted by atomic mass is 9.98. The van der Waals surface area contributed by atoms with E-state index in [-0.39, 0.29) is 30.5 Å². The molecule has 0 spiro atoms. The molecule has 2 aromatic rings. The molecule has 2 heterocycles. The monoisotopic (exact) mass is 343 g/mol. The van der Waals surface area contributed by atoms with E-state index in [0.29, 0.717) is 18.4 Å². The van der Waals surface area contributed by atoms with Gasteiger partial charge in [-0.05, 0) is 31.7 Å². The molecule has 1 atom stereocenters. The first-order valence-electron chi connectivity index (χ1n) is 8.52.